The van der Waals surface area contributed by atoms with Crippen molar-refractivity contribution in [2.45, 2.75) is 24.5 Å². The second-order valence-electron chi connectivity index (χ2n) is 6.34. The Balaban J connectivity index is 1.61. The van der Waals surface area contributed by atoms with Crippen molar-refractivity contribution in [1.82, 2.24) is 14.3 Å². The van der Waals surface area contributed by atoms with Crippen molar-refractivity contribution >= 4 is 26.7 Å². The number of aromatic nitrogens is 2. The quantitative estimate of drug-likeness (QED) is 0.844. The van der Waals surface area contributed by atoms with E-state index in [2.05, 4.69) is 9.97 Å². The lowest BCUT2D eigenvalue weighted by Crippen LogP contribution is -2.37. The normalized spacial score (nSPS) is 20.3. The van der Waals surface area contributed by atoms with Crippen LogP contribution in [0.1, 0.15) is 19.3 Å². The number of halogens is 1. The van der Waals surface area contributed by atoms with E-state index < -0.39 is 10.0 Å². The largest absolute Gasteiger partial charge is 0.355 e. The van der Waals surface area contributed by atoms with Crippen molar-refractivity contribution in [1.29, 1.82) is 0 Å². The fourth-order valence-electron chi connectivity index (χ4n) is 3.20. The lowest BCUT2D eigenvalue weighted by atomic mass is 10.2. The Bertz CT molecular complexity index is 870. The second-order valence-corrected chi connectivity index (χ2v) is 8.56. The van der Waals surface area contributed by atoms with Gasteiger partial charge in [0.1, 0.15) is 18.0 Å². The van der Waals surface area contributed by atoms with Crippen molar-refractivity contribution in [3.8, 4) is 0 Å². The van der Waals surface area contributed by atoms with Crippen LogP contribution < -0.4 is 4.90 Å². The Labute approximate surface area is 140 Å². The lowest BCUT2D eigenvalue weighted by molar-refractivity contribution is 0.432. The molecular weight excluding hydrogens is 331 g/mol. The molecule has 2 fully saturated rings. The summed E-state index contributed by atoms with van der Waals surface area (Å²) in [5, 5.41) is 0.481. The maximum absolute atomic E-state index is 13.6. The molecule has 0 N–H and O–H groups in total. The topological polar surface area (TPSA) is 66.4 Å². The lowest BCUT2D eigenvalue weighted by Gasteiger charge is -2.23. The number of hydrogen-bond acceptors (Lipinski definition) is 5. The summed E-state index contributed by atoms with van der Waals surface area (Å²) in [6.45, 7) is 2.22. The van der Waals surface area contributed by atoms with Crippen molar-refractivity contribution in [2.75, 3.05) is 31.1 Å². The molecule has 0 atom stereocenters. The number of sulfonamides is 1. The van der Waals surface area contributed by atoms with Gasteiger partial charge in [-0.15, -0.1) is 0 Å². The van der Waals surface area contributed by atoms with E-state index in [1.54, 1.807) is 10.4 Å². The van der Waals surface area contributed by atoms with Gasteiger partial charge in [-0.1, -0.05) is 0 Å². The minimum absolute atomic E-state index is 0.182. The first-order valence-corrected chi connectivity index (χ1v) is 9.70. The van der Waals surface area contributed by atoms with E-state index in [4.69, 9.17) is 0 Å². The summed E-state index contributed by atoms with van der Waals surface area (Å²) in [4.78, 5) is 10.5. The third-order valence-electron chi connectivity index (χ3n) is 4.64. The molecule has 0 spiro atoms. The summed E-state index contributed by atoms with van der Waals surface area (Å²) in [6.07, 6.45) is 3.75. The van der Waals surface area contributed by atoms with E-state index in [-0.39, 0.29) is 11.1 Å². The highest BCUT2D eigenvalue weighted by atomic mass is 32.2. The fourth-order valence-corrected chi connectivity index (χ4v) is 5.08. The van der Waals surface area contributed by atoms with E-state index in [1.807, 2.05) is 4.90 Å². The number of nitrogens with zero attached hydrogens (tertiary/aromatic N) is 4. The predicted octanol–water partition coefficient (Wildman–Crippen LogP) is 1.77. The number of anilines is 1. The Morgan fingerprint density at radius 3 is 2.71 bits per heavy atom. The molecule has 2 heterocycles. The maximum atomic E-state index is 13.6. The van der Waals surface area contributed by atoms with Crippen LogP contribution >= 0.6 is 0 Å². The van der Waals surface area contributed by atoms with Crippen LogP contribution in [-0.4, -0.2) is 54.1 Å². The summed E-state index contributed by atoms with van der Waals surface area (Å²) in [5.41, 5.74) is 0.688. The molecule has 2 aliphatic rings. The molecule has 24 heavy (non-hydrogen) atoms. The summed E-state index contributed by atoms with van der Waals surface area (Å²) in [5.74, 6) is 0.344. The van der Waals surface area contributed by atoms with Crippen molar-refractivity contribution in [2.24, 2.45) is 0 Å². The average Bonchev–Trinajstić information content (AvgIpc) is 3.41. The zero-order valence-electron chi connectivity index (χ0n) is 13.2. The molecule has 1 aliphatic carbocycles. The van der Waals surface area contributed by atoms with Gasteiger partial charge in [-0.2, -0.15) is 4.31 Å². The molecule has 128 valence electrons. The molecular formula is C16H19FN4O2S. The van der Waals surface area contributed by atoms with Gasteiger partial charge >= 0.3 is 0 Å². The molecule has 0 radical (unpaired) electrons. The Hall–Kier alpha value is -1.80. The molecule has 4 rings (SSSR count). The second kappa shape index (κ2) is 5.93. The van der Waals surface area contributed by atoms with Gasteiger partial charge < -0.3 is 4.90 Å². The first-order chi connectivity index (χ1) is 11.6. The van der Waals surface area contributed by atoms with E-state index in [1.165, 1.54) is 18.5 Å². The van der Waals surface area contributed by atoms with E-state index in [9.17, 15) is 12.8 Å². The van der Waals surface area contributed by atoms with Crippen molar-refractivity contribution < 1.29 is 12.8 Å². The third kappa shape index (κ3) is 2.84. The molecule has 1 aromatic carbocycles. The van der Waals surface area contributed by atoms with Gasteiger partial charge in [-0.3, -0.25) is 0 Å². The van der Waals surface area contributed by atoms with Gasteiger partial charge in [0, 0.05) is 31.6 Å². The molecule has 1 saturated carbocycles. The molecule has 0 amide bonds. The SMILES string of the molecule is O=S(=O)(C1CC1)N1CCCN(c2ncnc3ccc(F)cc23)CC1. The van der Waals surface area contributed by atoms with Crippen molar-refractivity contribution in [3.05, 3.63) is 30.3 Å². The summed E-state index contributed by atoms with van der Waals surface area (Å²) in [6, 6.07) is 4.46. The van der Waals surface area contributed by atoms with E-state index in [0.717, 1.165) is 19.3 Å². The van der Waals surface area contributed by atoms with Crippen LogP contribution in [0, 0.1) is 5.82 Å². The number of fused-ring (bicyclic) bond motifs is 1. The minimum Gasteiger partial charge on any atom is -0.355 e. The van der Waals surface area contributed by atoms with Crippen LogP contribution in [-0.2, 0) is 10.0 Å². The summed E-state index contributed by atoms with van der Waals surface area (Å²) in [7, 11) is -3.15. The number of rotatable bonds is 3. The molecule has 1 aliphatic heterocycles. The first kappa shape index (κ1) is 15.7. The van der Waals surface area contributed by atoms with Crippen LogP contribution in [0.5, 0.6) is 0 Å². The van der Waals surface area contributed by atoms with Crippen molar-refractivity contribution in [3.63, 3.8) is 0 Å². The van der Waals surface area contributed by atoms with Gasteiger partial charge in [-0.25, -0.2) is 22.8 Å². The zero-order valence-corrected chi connectivity index (χ0v) is 14.0. The van der Waals surface area contributed by atoms with Gasteiger partial charge in [0.05, 0.1) is 10.8 Å². The first-order valence-electron chi connectivity index (χ1n) is 8.20. The minimum atomic E-state index is -3.15. The maximum Gasteiger partial charge on any atom is 0.217 e. The van der Waals surface area contributed by atoms with Gasteiger partial charge in [0.15, 0.2) is 0 Å². The highest BCUT2D eigenvalue weighted by Gasteiger charge is 2.40. The Morgan fingerprint density at radius 1 is 1.08 bits per heavy atom. The van der Waals surface area contributed by atoms with Crippen LogP contribution in [0.25, 0.3) is 10.9 Å². The molecule has 1 saturated heterocycles. The van der Waals surface area contributed by atoms with Gasteiger partial charge in [-0.05, 0) is 37.5 Å². The van der Waals surface area contributed by atoms with Gasteiger partial charge in [0.25, 0.3) is 0 Å². The van der Waals surface area contributed by atoms with Crippen LogP contribution in [0.2, 0.25) is 0 Å². The van der Waals surface area contributed by atoms with E-state index >= 15 is 0 Å². The monoisotopic (exact) mass is 350 g/mol. The zero-order chi connectivity index (χ0) is 16.7. The van der Waals surface area contributed by atoms with Crippen LogP contribution in [0.4, 0.5) is 10.2 Å². The highest BCUT2D eigenvalue weighted by Crippen LogP contribution is 2.32. The molecule has 6 nitrogen and oxygen atoms in total. The highest BCUT2D eigenvalue weighted by molar-refractivity contribution is 7.90. The third-order valence-corrected chi connectivity index (χ3v) is 7.04. The Morgan fingerprint density at radius 2 is 1.92 bits per heavy atom. The molecule has 1 aromatic heterocycles. The molecule has 0 unspecified atom stereocenters. The smallest absolute Gasteiger partial charge is 0.217 e. The van der Waals surface area contributed by atoms with E-state index in [0.29, 0.717) is 42.9 Å². The average molecular weight is 350 g/mol. The fraction of sp³-hybridized carbons (Fsp3) is 0.500. The van der Waals surface area contributed by atoms with Crippen LogP contribution in [0.15, 0.2) is 24.5 Å². The Kier molecular flexibility index (Phi) is 3.88. The molecule has 0 bridgehead atoms. The predicted molar refractivity (Wildman–Crippen MR) is 89.8 cm³/mol. The van der Waals surface area contributed by atoms with Crippen LogP contribution in [0.3, 0.4) is 0 Å². The molecule has 8 heteroatoms. The summed E-state index contributed by atoms with van der Waals surface area (Å²) < 4.78 is 40.1. The van der Waals surface area contributed by atoms with Gasteiger partial charge in [0.2, 0.25) is 10.0 Å². The number of benzene rings is 1. The number of hydrogen-bond donors (Lipinski definition) is 0. The molecule has 2 aromatic rings. The standard InChI is InChI=1S/C16H19FN4O2S/c17-12-2-5-15-14(10-12)16(19-11-18-15)20-6-1-7-21(9-8-20)24(22,23)13-3-4-13/h2,5,10-11,13H,1,3-4,6-9H2. The summed E-state index contributed by atoms with van der Waals surface area (Å²) >= 11 is 0.